The first-order chi connectivity index (χ1) is 10.7. The highest BCUT2D eigenvalue weighted by molar-refractivity contribution is 7.12. The predicted molar refractivity (Wildman–Crippen MR) is 91.3 cm³/mol. The summed E-state index contributed by atoms with van der Waals surface area (Å²) < 4.78 is 7.68. The molecule has 1 saturated heterocycles. The van der Waals surface area contributed by atoms with Crippen LogP contribution in [-0.2, 0) is 18.3 Å². The Hall–Kier alpha value is -1.14. The van der Waals surface area contributed by atoms with E-state index in [4.69, 9.17) is 4.74 Å². The van der Waals surface area contributed by atoms with Gasteiger partial charge in [-0.2, -0.15) is 0 Å². The minimum absolute atomic E-state index is 0.447. The molecule has 22 heavy (non-hydrogen) atoms. The normalized spacial score (nSPS) is 17.7. The highest BCUT2D eigenvalue weighted by atomic mass is 32.1. The van der Waals surface area contributed by atoms with Gasteiger partial charge in [-0.3, -0.25) is 4.90 Å². The van der Waals surface area contributed by atoms with Crippen LogP contribution in [0.15, 0.2) is 30.5 Å². The van der Waals surface area contributed by atoms with Gasteiger partial charge in [0.25, 0.3) is 0 Å². The fraction of sp³-hybridized carbons (Fsp3) is 0.529. The molecule has 0 radical (unpaired) electrons. The van der Waals surface area contributed by atoms with Gasteiger partial charge in [-0.05, 0) is 31.2 Å². The summed E-state index contributed by atoms with van der Waals surface area (Å²) >= 11 is 1.91. The number of hydrogen-bond acceptors (Lipinski definition) is 4. The summed E-state index contributed by atoms with van der Waals surface area (Å²) in [6.07, 6.45) is 2.10. The molecule has 0 unspecified atom stereocenters. The summed E-state index contributed by atoms with van der Waals surface area (Å²) in [5.41, 5.74) is 1.32. The lowest BCUT2D eigenvalue weighted by Gasteiger charge is -2.34. The quantitative estimate of drug-likeness (QED) is 0.887. The number of hydrogen-bond donors (Lipinski definition) is 1. The van der Waals surface area contributed by atoms with Crippen LogP contribution in [0.4, 0.5) is 0 Å². The van der Waals surface area contributed by atoms with Gasteiger partial charge in [-0.15, -0.1) is 11.3 Å². The number of nitrogens with one attached hydrogen (secondary N) is 1. The summed E-state index contributed by atoms with van der Waals surface area (Å²) in [6, 6.07) is 9.22. The molecule has 2 aromatic rings. The predicted octanol–water partition coefficient (Wildman–Crippen LogP) is 2.56. The first kappa shape index (κ1) is 15.7. The van der Waals surface area contributed by atoms with Crippen LogP contribution in [0, 0.1) is 6.92 Å². The van der Waals surface area contributed by atoms with Crippen LogP contribution in [0.25, 0.3) is 0 Å². The van der Waals surface area contributed by atoms with E-state index in [-0.39, 0.29) is 0 Å². The molecule has 0 aromatic carbocycles. The van der Waals surface area contributed by atoms with E-state index in [2.05, 4.69) is 59.2 Å². The number of thiophene rings is 1. The Morgan fingerprint density at radius 3 is 2.73 bits per heavy atom. The Morgan fingerprint density at radius 1 is 1.27 bits per heavy atom. The van der Waals surface area contributed by atoms with Gasteiger partial charge in [0, 0.05) is 54.9 Å². The van der Waals surface area contributed by atoms with Crippen molar-refractivity contribution in [2.45, 2.75) is 19.5 Å². The van der Waals surface area contributed by atoms with Gasteiger partial charge in [0.1, 0.15) is 0 Å². The van der Waals surface area contributed by atoms with E-state index in [1.165, 1.54) is 15.4 Å². The van der Waals surface area contributed by atoms with Crippen LogP contribution in [-0.4, -0.2) is 42.3 Å². The largest absolute Gasteiger partial charge is 0.379 e. The van der Waals surface area contributed by atoms with Crippen LogP contribution < -0.4 is 5.32 Å². The van der Waals surface area contributed by atoms with Gasteiger partial charge in [-0.1, -0.05) is 0 Å². The average Bonchev–Trinajstić information content (AvgIpc) is 3.13. The zero-order valence-electron chi connectivity index (χ0n) is 13.4. The summed E-state index contributed by atoms with van der Waals surface area (Å²) in [5.74, 6) is 0. The van der Waals surface area contributed by atoms with Crippen LogP contribution in [0.2, 0.25) is 0 Å². The van der Waals surface area contributed by atoms with E-state index >= 15 is 0 Å². The summed E-state index contributed by atoms with van der Waals surface area (Å²) in [7, 11) is 2.10. The maximum absolute atomic E-state index is 5.51. The van der Waals surface area contributed by atoms with Gasteiger partial charge in [0.05, 0.1) is 19.3 Å². The third-order valence-electron chi connectivity index (χ3n) is 4.27. The molecule has 1 atom stereocenters. The molecule has 0 saturated carbocycles. The lowest BCUT2D eigenvalue weighted by molar-refractivity contribution is 0.0168. The van der Waals surface area contributed by atoms with Crippen molar-refractivity contribution in [2.24, 2.45) is 7.05 Å². The number of rotatable bonds is 6. The van der Waals surface area contributed by atoms with Crippen molar-refractivity contribution >= 4 is 11.3 Å². The number of aromatic nitrogens is 1. The topological polar surface area (TPSA) is 29.4 Å². The van der Waals surface area contributed by atoms with Crippen molar-refractivity contribution in [1.29, 1.82) is 0 Å². The first-order valence-corrected chi connectivity index (χ1v) is 8.75. The number of morpholine rings is 1. The van der Waals surface area contributed by atoms with Gasteiger partial charge < -0.3 is 14.6 Å². The van der Waals surface area contributed by atoms with Crippen molar-refractivity contribution in [3.05, 3.63) is 45.9 Å². The Labute approximate surface area is 136 Å². The summed E-state index contributed by atoms with van der Waals surface area (Å²) in [4.78, 5) is 5.39. The number of nitrogens with zero attached hydrogens (tertiary/aromatic N) is 2. The molecular weight excluding hydrogens is 294 g/mol. The Kier molecular flexibility index (Phi) is 5.31. The van der Waals surface area contributed by atoms with Gasteiger partial charge in [-0.25, -0.2) is 0 Å². The molecule has 0 spiro atoms. The molecule has 0 aliphatic carbocycles. The van der Waals surface area contributed by atoms with Gasteiger partial charge >= 0.3 is 0 Å². The van der Waals surface area contributed by atoms with E-state index in [0.717, 1.165) is 39.4 Å². The second kappa shape index (κ2) is 7.42. The van der Waals surface area contributed by atoms with Crippen molar-refractivity contribution in [1.82, 2.24) is 14.8 Å². The van der Waals surface area contributed by atoms with Crippen LogP contribution >= 0.6 is 11.3 Å². The molecule has 1 aliphatic heterocycles. The molecule has 120 valence electrons. The maximum atomic E-state index is 5.51. The average molecular weight is 319 g/mol. The second-order valence-electron chi connectivity index (χ2n) is 5.85. The Bertz CT molecular complexity index is 586. The second-order valence-corrected chi connectivity index (χ2v) is 7.17. The Balaban J connectivity index is 1.64. The van der Waals surface area contributed by atoms with E-state index in [0.29, 0.717) is 6.04 Å². The highest BCUT2D eigenvalue weighted by Crippen LogP contribution is 2.27. The molecule has 0 bridgehead atoms. The van der Waals surface area contributed by atoms with Crippen molar-refractivity contribution < 1.29 is 4.74 Å². The van der Waals surface area contributed by atoms with E-state index < -0.39 is 0 Å². The monoisotopic (exact) mass is 319 g/mol. The van der Waals surface area contributed by atoms with Crippen molar-refractivity contribution in [3.63, 3.8) is 0 Å². The zero-order chi connectivity index (χ0) is 15.4. The summed E-state index contributed by atoms with van der Waals surface area (Å²) in [5, 5.41) is 3.64. The smallest absolute Gasteiger partial charge is 0.0594 e. The number of aryl methyl sites for hydroxylation is 2. The van der Waals surface area contributed by atoms with Crippen LogP contribution in [0.1, 0.15) is 21.5 Å². The van der Waals surface area contributed by atoms with Gasteiger partial charge in [0.15, 0.2) is 0 Å². The molecule has 5 heteroatoms. The molecular formula is C17H25N3OS. The standard InChI is InChI=1S/C17H25N3OS/c1-14-5-6-17(22-14)16(20-8-10-21-11-9-20)13-18-12-15-4-3-7-19(15)2/h3-7,16,18H,8-13H2,1-2H3/t16-/m1/s1. The molecule has 1 N–H and O–H groups in total. The van der Waals surface area contributed by atoms with E-state index in [1.807, 2.05) is 11.3 Å². The summed E-state index contributed by atoms with van der Waals surface area (Å²) in [6.45, 7) is 7.81. The highest BCUT2D eigenvalue weighted by Gasteiger charge is 2.23. The van der Waals surface area contributed by atoms with E-state index in [9.17, 15) is 0 Å². The minimum Gasteiger partial charge on any atom is -0.379 e. The van der Waals surface area contributed by atoms with Crippen molar-refractivity contribution in [2.75, 3.05) is 32.8 Å². The molecule has 2 aromatic heterocycles. The number of ether oxygens (including phenoxy) is 1. The minimum atomic E-state index is 0.447. The molecule has 0 amide bonds. The zero-order valence-corrected chi connectivity index (χ0v) is 14.2. The molecule has 1 aliphatic rings. The maximum Gasteiger partial charge on any atom is 0.0594 e. The third kappa shape index (κ3) is 3.79. The van der Waals surface area contributed by atoms with Crippen molar-refractivity contribution in [3.8, 4) is 0 Å². The molecule has 4 nitrogen and oxygen atoms in total. The molecule has 3 rings (SSSR count). The molecule has 3 heterocycles. The fourth-order valence-electron chi connectivity index (χ4n) is 2.95. The van der Waals surface area contributed by atoms with Crippen LogP contribution in [0.3, 0.4) is 0 Å². The lowest BCUT2D eigenvalue weighted by Crippen LogP contribution is -2.42. The third-order valence-corrected chi connectivity index (χ3v) is 5.37. The lowest BCUT2D eigenvalue weighted by atomic mass is 10.2. The van der Waals surface area contributed by atoms with Gasteiger partial charge in [0.2, 0.25) is 0 Å². The molecule has 1 fully saturated rings. The fourth-order valence-corrected chi connectivity index (χ4v) is 3.96. The first-order valence-electron chi connectivity index (χ1n) is 7.93. The SMILES string of the molecule is Cc1ccc([C@@H](CNCc2cccn2C)N2CCOCC2)s1. The van der Waals surface area contributed by atoms with Crippen LogP contribution in [0.5, 0.6) is 0 Å². The Morgan fingerprint density at radius 2 is 2.09 bits per heavy atom. The van der Waals surface area contributed by atoms with E-state index in [1.54, 1.807) is 0 Å².